The Morgan fingerprint density at radius 3 is 2.23 bits per heavy atom. The quantitative estimate of drug-likeness (QED) is 0.635. The number of nitrogens with one attached hydrogen (secondary N) is 1. The van der Waals surface area contributed by atoms with Crippen molar-refractivity contribution in [1.29, 1.82) is 0 Å². The van der Waals surface area contributed by atoms with E-state index in [9.17, 15) is 18.3 Å². The lowest BCUT2D eigenvalue weighted by atomic mass is 9.88. The Balaban J connectivity index is 0.000000199. The van der Waals surface area contributed by atoms with Gasteiger partial charge in [-0.15, -0.1) is 0 Å². The molecule has 3 N–H and O–H groups in total. The number of benzene rings is 2. The van der Waals surface area contributed by atoms with E-state index in [4.69, 9.17) is 4.55 Å². The Kier molecular flexibility index (Phi) is 7.47. The molecule has 1 saturated carbocycles. The van der Waals surface area contributed by atoms with Crippen molar-refractivity contribution < 1.29 is 22.9 Å². The average molecular weight is 433 g/mol. The molecule has 0 aromatic heterocycles. The molecule has 2 aliphatic rings. The summed E-state index contributed by atoms with van der Waals surface area (Å²) >= 11 is 0. The Hall–Kier alpha value is -2.42. The fraction of sp³-hybridized carbons (Fsp3) is 0.409. The van der Waals surface area contributed by atoms with Crippen LogP contribution < -0.4 is 4.72 Å². The van der Waals surface area contributed by atoms with Crippen LogP contribution in [0.5, 0.6) is 0 Å². The number of hydrogen-bond donors (Lipinski definition) is 3. The molecule has 30 heavy (non-hydrogen) atoms. The highest BCUT2D eigenvalue weighted by atomic mass is 32.2. The summed E-state index contributed by atoms with van der Waals surface area (Å²) in [6.45, 7) is 0.548. The van der Waals surface area contributed by atoms with E-state index in [1.807, 2.05) is 48.5 Å². The van der Waals surface area contributed by atoms with Gasteiger partial charge in [0.2, 0.25) is 0 Å². The highest BCUT2D eigenvalue weighted by Gasteiger charge is 2.31. The predicted octanol–water partition coefficient (Wildman–Crippen LogP) is 4.02. The fourth-order valence-electron chi connectivity index (χ4n) is 4.20. The molecule has 1 aliphatic carbocycles. The standard InChI is InChI=1S/C16H15NO2.C6H13NO3S/c18-16(19)17-11-10-12-6-4-5-9-14(12)15(17)13-7-2-1-3-8-13;8-11(9,10)7-6-4-2-1-3-5-6/h1-9,15H,10-11H2,(H,18,19);6-7H,1-5H2,(H,8,9,10)/t15-;/m1./s1. The van der Waals surface area contributed by atoms with E-state index in [1.165, 1.54) is 16.9 Å². The van der Waals surface area contributed by atoms with Crippen LogP contribution in [-0.2, 0) is 16.7 Å². The maximum Gasteiger partial charge on any atom is 0.408 e. The van der Waals surface area contributed by atoms with Crippen LogP contribution in [0.4, 0.5) is 4.79 Å². The van der Waals surface area contributed by atoms with Crippen LogP contribution in [0.1, 0.15) is 54.8 Å². The van der Waals surface area contributed by atoms with E-state index in [0.29, 0.717) is 6.54 Å². The number of rotatable bonds is 3. The van der Waals surface area contributed by atoms with Gasteiger partial charge in [-0.2, -0.15) is 13.1 Å². The number of fused-ring (bicyclic) bond motifs is 1. The lowest BCUT2D eigenvalue weighted by Crippen LogP contribution is -2.39. The zero-order valence-electron chi connectivity index (χ0n) is 16.8. The van der Waals surface area contributed by atoms with E-state index in [1.54, 1.807) is 0 Å². The molecule has 2 aromatic rings. The van der Waals surface area contributed by atoms with Crippen molar-refractivity contribution in [3.63, 3.8) is 0 Å². The molecule has 1 aliphatic heterocycles. The predicted molar refractivity (Wildman–Crippen MR) is 115 cm³/mol. The maximum absolute atomic E-state index is 11.5. The third-order valence-electron chi connectivity index (χ3n) is 5.57. The second kappa shape index (κ2) is 10.1. The minimum atomic E-state index is -3.97. The minimum absolute atomic E-state index is 0.0428. The first kappa shape index (κ1) is 22.3. The molecule has 4 rings (SSSR count). The number of amides is 1. The van der Waals surface area contributed by atoms with Crippen LogP contribution in [0.15, 0.2) is 54.6 Å². The first-order chi connectivity index (χ1) is 14.3. The summed E-state index contributed by atoms with van der Waals surface area (Å²) in [7, 11) is -3.97. The van der Waals surface area contributed by atoms with Gasteiger partial charge in [0.1, 0.15) is 0 Å². The SMILES string of the molecule is O=C(O)N1CCc2ccccc2[C@H]1c1ccccc1.O=S(=O)(O)NC1CCCCC1. The van der Waals surface area contributed by atoms with Crippen LogP contribution in [0.3, 0.4) is 0 Å². The van der Waals surface area contributed by atoms with Crippen LogP contribution >= 0.6 is 0 Å². The molecule has 0 saturated heterocycles. The molecule has 0 bridgehead atoms. The summed E-state index contributed by atoms with van der Waals surface area (Å²) < 4.78 is 31.3. The molecule has 162 valence electrons. The van der Waals surface area contributed by atoms with E-state index >= 15 is 0 Å². The molecule has 0 spiro atoms. The topological polar surface area (TPSA) is 107 Å². The number of hydrogen-bond acceptors (Lipinski definition) is 3. The smallest absolute Gasteiger partial charge is 0.408 e. The van der Waals surface area contributed by atoms with Crippen molar-refractivity contribution in [2.24, 2.45) is 0 Å². The van der Waals surface area contributed by atoms with Gasteiger partial charge in [-0.05, 0) is 36.0 Å². The maximum atomic E-state index is 11.5. The van der Waals surface area contributed by atoms with Gasteiger partial charge in [-0.1, -0.05) is 73.9 Å². The Morgan fingerprint density at radius 2 is 1.60 bits per heavy atom. The zero-order valence-corrected chi connectivity index (χ0v) is 17.6. The van der Waals surface area contributed by atoms with Crippen molar-refractivity contribution in [3.8, 4) is 0 Å². The molecule has 0 unspecified atom stereocenters. The van der Waals surface area contributed by atoms with Gasteiger partial charge in [0.15, 0.2) is 0 Å². The number of carbonyl (C=O) groups is 1. The van der Waals surface area contributed by atoms with Gasteiger partial charge in [0.05, 0.1) is 6.04 Å². The van der Waals surface area contributed by atoms with E-state index < -0.39 is 16.4 Å². The summed E-state index contributed by atoms with van der Waals surface area (Å²) in [5, 5.41) is 9.42. The molecular weight excluding hydrogens is 404 g/mol. The van der Waals surface area contributed by atoms with Gasteiger partial charge < -0.3 is 5.11 Å². The lowest BCUT2D eigenvalue weighted by molar-refractivity contribution is 0.129. The van der Waals surface area contributed by atoms with Crippen LogP contribution in [0, 0.1) is 0 Å². The van der Waals surface area contributed by atoms with E-state index in [-0.39, 0.29) is 12.1 Å². The third-order valence-corrected chi connectivity index (χ3v) is 6.20. The van der Waals surface area contributed by atoms with E-state index in [2.05, 4.69) is 10.8 Å². The molecule has 1 atom stereocenters. The zero-order chi connectivity index (χ0) is 21.6. The third kappa shape index (κ3) is 6.04. The van der Waals surface area contributed by atoms with Crippen molar-refractivity contribution in [2.45, 2.75) is 50.6 Å². The second-order valence-corrected chi connectivity index (χ2v) is 8.85. The van der Waals surface area contributed by atoms with Gasteiger partial charge >= 0.3 is 16.4 Å². The summed E-state index contributed by atoms with van der Waals surface area (Å²) in [6, 6.07) is 17.7. The summed E-state index contributed by atoms with van der Waals surface area (Å²) in [6.07, 6.45) is 4.89. The first-order valence-corrected chi connectivity index (χ1v) is 11.7. The van der Waals surface area contributed by atoms with E-state index in [0.717, 1.165) is 43.2 Å². The number of carboxylic acid groups (broad SMARTS) is 1. The largest absolute Gasteiger partial charge is 0.465 e. The van der Waals surface area contributed by atoms with Crippen molar-refractivity contribution in [1.82, 2.24) is 9.62 Å². The lowest BCUT2D eigenvalue weighted by Gasteiger charge is -2.35. The molecule has 1 fully saturated rings. The molecule has 1 heterocycles. The van der Waals surface area contributed by atoms with Crippen molar-refractivity contribution >= 4 is 16.4 Å². The van der Waals surface area contributed by atoms with Gasteiger partial charge in [-0.3, -0.25) is 9.45 Å². The second-order valence-electron chi connectivity index (χ2n) is 7.67. The molecular formula is C22H28N2O5S. The van der Waals surface area contributed by atoms with Crippen molar-refractivity contribution in [2.75, 3.05) is 6.54 Å². The Morgan fingerprint density at radius 1 is 0.967 bits per heavy atom. The Labute approximate surface area is 177 Å². The van der Waals surface area contributed by atoms with Crippen molar-refractivity contribution in [3.05, 3.63) is 71.3 Å². The summed E-state index contributed by atoms with van der Waals surface area (Å²) in [4.78, 5) is 13.0. The van der Waals surface area contributed by atoms with Crippen LogP contribution in [0.2, 0.25) is 0 Å². The van der Waals surface area contributed by atoms with Gasteiger partial charge in [0, 0.05) is 12.6 Å². The molecule has 1 amide bonds. The summed E-state index contributed by atoms with van der Waals surface area (Å²) in [5.74, 6) is 0. The highest BCUT2D eigenvalue weighted by Crippen LogP contribution is 2.34. The van der Waals surface area contributed by atoms with Gasteiger partial charge in [-0.25, -0.2) is 4.79 Å². The van der Waals surface area contributed by atoms with Gasteiger partial charge in [0.25, 0.3) is 0 Å². The highest BCUT2D eigenvalue weighted by molar-refractivity contribution is 7.83. The Bertz CT molecular complexity index is 943. The monoisotopic (exact) mass is 432 g/mol. The van der Waals surface area contributed by atoms with Crippen LogP contribution in [-0.4, -0.2) is 41.7 Å². The normalized spacial score (nSPS) is 19.4. The summed E-state index contributed by atoms with van der Waals surface area (Å²) in [5.41, 5.74) is 3.37. The molecule has 2 aromatic carbocycles. The fourth-order valence-corrected chi connectivity index (χ4v) is 4.86. The number of nitrogens with zero attached hydrogens (tertiary/aromatic N) is 1. The molecule has 7 nitrogen and oxygen atoms in total. The minimum Gasteiger partial charge on any atom is -0.465 e. The average Bonchev–Trinajstić information content (AvgIpc) is 2.73. The first-order valence-electron chi connectivity index (χ1n) is 10.2. The molecule has 0 radical (unpaired) electrons. The molecule has 8 heteroatoms. The van der Waals surface area contributed by atoms with Crippen LogP contribution in [0.25, 0.3) is 0 Å².